The third-order valence-electron chi connectivity index (χ3n) is 3.47. The van der Waals surface area contributed by atoms with Crippen molar-refractivity contribution < 1.29 is 4.79 Å². The second kappa shape index (κ2) is 4.97. The number of rotatable bonds is 6. The SMILES string of the molecule is CC(C)(C)NCC(=O)N(CC1CC1)CC1CC1. The number of hydrogen-bond donors (Lipinski definition) is 1. The molecule has 0 spiro atoms. The molecule has 0 aliphatic heterocycles. The Kier molecular flexibility index (Phi) is 3.76. The summed E-state index contributed by atoms with van der Waals surface area (Å²) >= 11 is 0. The van der Waals surface area contributed by atoms with Gasteiger partial charge < -0.3 is 10.2 Å². The lowest BCUT2D eigenvalue weighted by Crippen LogP contribution is -2.46. The van der Waals surface area contributed by atoms with Crippen LogP contribution >= 0.6 is 0 Å². The molecule has 1 amide bonds. The Labute approximate surface area is 105 Å². The first-order valence-corrected chi connectivity index (χ1v) is 6.97. The highest BCUT2D eigenvalue weighted by molar-refractivity contribution is 5.78. The molecule has 0 unspecified atom stereocenters. The van der Waals surface area contributed by atoms with Crippen LogP contribution in [0.25, 0.3) is 0 Å². The monoisotopic (exact) mass is 238 g/mol. The number of carbonyl (C=O) groups excluding carboxylic acids is 1. The minimum atomic E-state index is 0.0283. The predicted octanol–water partition coefficient (Wildman–Crippen LogP) is 2.02. The van der Waals surface area contributed by atoms with Crippen molar-refractivity contribution in [2.45, 2.75) is 52.0 Å². The molecule has 2 saturated carbocycles. The highest BCUT2D eigenvalue weighted by Crippen LogP contribution is 2.33. The van der Waals surface area contributed by atoms with E-state index in [0.717, 1.165) is 24.9 Å². The van der Waals surface area contributed by atoms with Gasteiger partial charge in [0, 0.05) is 18.6 Å². The largest absolute Gasteiger partial charge is 0.341 e. The van der Waals surface area contributed by atoms with Crippen molar-refractivity contribution in [2.24, 2.45) is 11.8 Å². The average Bonchev–Trinajstić information content (AvgIpc) is 3.05. The second-order valence-corrected chi connectivity index (χ2v) is 6.79. The van der Waals surface area contributed by atoms with Crippen molar-refractivity contribution in [3.05, 3.63) is 0 Å². The van der Waals surface area contributed by atoms with Crippen molar-refractivity contribution >= 4 is 5.91 Å². The molecule has 2 fully saturated rings. The van der Waals surface area contributed by atoms with E-state index in [1.807, 2.05) is 0 Å². The van der Waals surface area contributed by atoms with Gasteiger partial charge >= 0.3 is 0 Å². The van der Waals surface area contributed by atoms with E-state index < -0.39 is 0 Å². The quantitative estimate of drug-likeness (QED) is 0.768. The third-order valence-corrected chi connectivity index (χ3v) is 3.47. The summed E-state index contributed by atoms with van der Waals surface area (Å²) in [5.41, 5.74) is 0.0283. The van der Waals surface area contributed by atoms with Crippen molar-refractivity contribution in [1.29, 1.82) is 0 Å². The normalized spacial score (nSPS) is 20.4. The summed E-state index contributed by atoms with van der Waals surface area (Å²) in [6.45, 7) is 8.80. The van der Waals surface area contributed by atoms with Crippen molar-refractivity contribution in [3.63, 3.8) is 0 Å². The van der Waals surface area contributed by atoms with Gasteiger partial charge in [-0.15, -0.1) is 0 Å². The van der Waals surface area contributed by atoms with Crippen molar-refractivity contribution in [3.8, 4) is 0 Å². The average molecular weight is 238 g/mol. The van der Waals surface area contributed by atoms with Crippen LogP contribution in [0.1, 0.15) is 46.5 Å². The summed E-state index contributed by atoms with van der Waals surface area (Å²) in [4.78, 5) is 14.3. The topological polar surface area (TPSA) is 32.3 Å². The Balaban J connectivity index is 1.77. The van der Waals surface area contributed by atoms with Gasteiger partial charge in [0.15, 0.2) is 0 Å². The summed E-state index contributed by atoms with van der Waals surface area (Å²) in [6.07, 6.45) is 5.28. The molecule has 0 atom stereocenters. The molecule has 0 aromatic heterocycles. The molecule has 0 heterocycles. The van der Waals surface area contributed by atoms with E-state index in [2.05, 4.69) is 31.0 Å². The van der Waals surface area contributed by atoms with Crippen LogP contribution in [0.3, 0.4) is 0 Å². The van der Waals surface area contributed by atoms with Gasteiger partial charge in [0.2, 0.25) is 5.91 Å². The molecule has 2 aliphatic carbocycles. The smallest absolute Gasteiger partial charge is 0.236 e. The Morgan fingerprint density at radius 1 is 1.12 bits per heavy atom. The molecule has 0 radical (unpaired) electrons. The lowest BCUT2D eigenvalue weighted by atomic mass is 10.1. The summed E-state index contributed by atoms with van der Waals surface area (Å²) in [5.74, 6) is 1.89. The molecular weight excluding hydrogens is 212 g/mol. The fourth-order valence-corrected chi connectivity index (χ4v) is 1.95. The van der Waals surface area contributed by atoms with Crippen LogP contribution in [0.2, 0.25) is 0 Å². The van der Waals surface area contributed by atoms with Gasteiger partial charge in [0.05, 0.1) is 6.54 Å². The molecule has 2 aliphatic rings. The molecule has 0 aromatic rings. The first-order valence-electron chi connectivity index (χ1n) is 6.97. The standard InChI is InChI=1S/C14H26N2O/c1-14(2,3)15-8-13(17)16(9-11-4-5-11)10-12-6-7-12/h11-12,15H,4-10H2,1-3H3. The third kappa shape index (κ3) is 5.07. The van der Waals surface area contributed by atoms with Crippen LogP contribution in [0.4, 0.5) is 0 Å². The Hall–Kier alpha value is -0.570. The van der Waals surface area contributed by atoms with Gasteiger partial charge in [-0.3, -0.25) is 4.79 Å². The molecule has 3 nitrogen and oxygen atoms in total. The summed E-state index contributed by atoms with van der Waals surface area (Å²) in [7, 11) is 0. The molecule has 0 saturated heterocycles. The first kappa shape index (κ1) is 12.9. The van der Waals surface area contributed by atoms with E-state index in [9.17, 15) is 4.79 Å². The first-order chi connectivity index (χ1) is 7.94. The van der Waals surface area contributed by atoms with Gasteiger partial charge in [0.25, 0.3) is 0 Å². The van der Waals surface area contributed by atoms with Gasteiger partial charge in [-0.2, -0.15) is 0 Å². The van der Waals surface area contributed by atoms with Crippen molar-refractivity contribution in [2.75, 3.05) is 19.6 Å². The number of nitrogens with zero attached hydrogens (tertiary/aromatic N) is 1. The highest BCUT2D eigenvalue weighted by atomic mass is 16.2. The Bertz CT molecular complexity index is 260. The fourth-order valence-electron chi connectivity index (χ4n) is 1.95. The maximum Gasteiger partial charge on any atom is 0.236 e. The Morgan fingerprint density at radius 3 is 1.94 bits per heavy atom. The minimum absolute atomic E-state index is 0.0283. The van der Waals surface area contributed by atoms with Crippen LogP contribution in [0.15, 0.2) is 0 Å². The zero-order valence-corrected chi connectivity index (χ0v) is 11.5. The van der Waals surface area contributed by atoms with Gasteiger partial charge in [-0.25, -0.2) is 0 Å². The van der Waals surface area contributed by atoms with Crippen LogP contribution in [0.5, 0.6) is 0 Å². The zero-order chi connectivity index (χ0) is 12.5. The number of amides is 1. The van der Waals surface area contributed by atoms with Gasteiger partial charge in [-0.05, 0) is 58.3 Å². The van der Waals surface area contributed by atoms with Crippen LogP contribution in [-0.4, -0.2) is 36.0 Å². The van der Waals surface area contributed by atoms with E-state index in [1.54, 1.807) is 0 Å². The molecule has 0 bridgehead atoms. The van der Waals surface area contributed by atoms with Crippen molar-refractivity contribution in [1.82, 2.24) is 10.2 Å². The lowest BCUT2D eigenvalue weighted by Gasteiger charge is -2.26. The maximum absolute atomic E-state index is 12.2. The van der Waals surface area contributed by atoms with Gasteiger partial charge in [0.1, 0.15) is 0 Å². The molecule has 1 N–H and O–H groups in total. The summed E-state index contributed by atoms with van der Waals surface area (Å²) < 4.78 is 0. The van der Waals surface area contributed by atoms with Crippen LogP contribution < -0.4 is 5.32 Å². The van der Waals surface area contributed by atoms with E-state index in [4.69, 9.17) is 0 Å². The molecule has 2 rings (SSSR count). The molecule has 17 heavy (non-hydrogen) atoms. The molecule has 3 heteroatoms. The predicted molar refractivity (Wildman–Crippen MR) is 69.8 cm³/mol. The Morgan fingerprint density at radius 2 is 1.59 bits per heavy atom. The molecular formula is C14H26N2O. The van der Waals surface area contributed by atoms with E-state index in [-0.39, 0.29) is 5.54 Å². The van der Waals surface area contributed by atoms with Crippen LogP contribution in [-0.2, 0) is 4.79 Å². The lowest BCUT2D eigenvalue weighted by molar-refractivity contribution is -0.131. The summed E-state index contributed by atoms with van der Waals surface area (Å²) in [5, 5.41) is 3.30. The van der Waals surface area contributed by atoms with E-state index in [0.29, 0.717) is 12.5 Å². The van der Waals surface area contributed by atoms with Crippen LogP contribution in [0, 0.1) is 11.8 Å². The maximum atomic E-state index is 12.2. The number of carbonyl (C=O) groups is 1. The minimum Gasteiger partial charge on any atom is -0.341 e. The molecule has 0 aromatic carbocycles. The number of nitrogens with one attached hydrogen (secondary N) is 1. The highest BCUT2D eigenvalue weighted by Gasteiger charge is 2.31. The van der Waals surface area contributed by atoms with E-state index >= 15 is 0 Å². The number of hydrogen-bond acceptors (Lipinski definition) is 2. The van der Waals surface area contributed by atoms with Gasteiger partial charge in [-0.1, -0.05) is 0 Å². The molecule has 98 valence electrons. The fraction of sp³-hybridized carbons (Fsp3) is 0.929. The summed E-state index contributed by atoms with van der Waals surface area (Å²) in [6, 6.07) is 0. The zero-order valence-electron chi connectivity index (χ0n) is 11.5. The second-order valence-electron chi connectivity index (χ2n) is 6.79. The van der Waals surface area contributed by atoms with E-state index in [1.165, 1.54) is 25.7 Å².